The molecule has 13 heavy (non-hydrogen) atoms. The van der Waals surface area contributed by atoms with Gasteiger partial charge in [0.15, 0.2) is 0 Å². The molecule has 1 amide bonds. The zero-order chi connectivity index (χ0) is 10.1. The van der Waals surface area contributed by atoms with Gasteiger partial charge < -0.3 is 4.90 Å². The SMILES string of the molecule is CC(C)(C)CC(=O)N1CC(CF)C1. The molecule has 1 heterocycles. The van der Waals surface area contributed by atoms with E-state index in [4.69, 9.17) is 0 Å². The maximum atomic E-state index is 12.1. The summed E-state index contributed by atoms with van der Waals surface area (Å²) in [4.78, 5) is 13.3. The molecule has 0 bridgehead atoms. The fourth-order valence-electron chi connectivity index (χ4n) is 1.44. The number of carbonyl (C=O) groups excluding carboxylic acids is 1. The van der Waals surface area contributed by atoms with Crippen LogP contribution in [0.15, 0.2) is 0 Å². The summed E-state index contributed by atoms with van der Waals surface area (Å²) in [6, 6.07) is 0. The molecule has 0 spiro atoms. The Hall–Kier alpha value is -0.600. The summed E-state index contributed by atoms with van der Waals surface area (Å²) in [6.45, 7) is 7.06. The number of hydrogen-bond acceptors (Lipinski definition) is 1. The number of hydrogen-bond donors (Lipinski definition) is 0. The summed E-state index contributed by atoms with van der Waals surface area (Å²) in [5, 5.41) is 0. The third-order valence-electron chi connectivity index (χ3n) is 2.21. The van der Waals surface area contributed by atoms with Crippen molar-refractivity contribution in [2.45, 2.75) is 27.2 Å². The smallest absolute Gasteiger partial charge is 0.223 e. The van der Waals surface area contributed by atoms with E-state index in [2.05, 4.69) is 0 Å². The summed E-state index contributed by atoms with van der Waals surface area (Å²) in [5.41, 5.74) is 0.0396. The van der Waals surface area contributed by atoms with Gasteiger partial charge in [-0.05, 0) is 5.41 Å². The number of halogens is 1. The highest BCUT2D eigenvalue weighted by Crippen LogP contribution is 2.23. The topological polar surface area (TPSA) is 20.3 Å². The van der Waals surface area contributed by atoms with E-state index in [1.54, 1.807) is 4.90 Å². The van der Waals surface area contributed by atoms with Crippen LogP contribution in [0.4, 0.5) is 4.39 Å². The molecule has 1 rings (SSSR count). The molecule has 0 aliphatic carbocycles. The van der Waals surface area contributed by atoms with Crippen LogP contribution in [0, 0.1) is 11.3 Å². The van der Waals surface area contributed by atoms with Crippen LogP contribution in [0.25, 0.3) is 0 Å². The second-order valence-electron chi connectivity index (χ2n) is 5.06. The minimum Gasteiger partial charge on any atom is -0.342 e. The molecule has 0 N–H and O–H groups in total. The standard InChI is InChI=1S/C10H18FNO/c1-10(2,3)4-9(13)12-6-8(5-11)7-12/h8H,4-7H2,1-3H3. The predicted octanol–water partition coefficient (Wildman–Crippen LogP) is 1.85. The van der Waals surface area contributed by atoms with Crippen LogP contribution in [0.1, 0.15) is 27.2 Å². The van der Waals surface area contributed by atoms with Crippen molar-refractivity contribution in [3.05, 3.63) is 0 Å². The first-order valence-corrected chi connectivity index (χ1v) is 4.76. The van der Waals surface area contributed by atoms with Crippen molar-refractivity contribution in [3.8, 4) is 0 Å². The first-order chi connectivity index (χ1) is 5.92. The van der Waals surface area contributed by atoms with Gasteiger partial charge in [0.05, 0.1) is 6.67 Å². The van der Waals surface area contributed by atoms with E-state index in [1.165, 1.54) is 0 Å². The molecule has 1 fully saturated rings. The van der Waals surface area contributed by atoms with Crippen LogP contribution in [0.5, 0.6) is 0 Å². The van der Waals surface area contributed by atoms with Gasteiger partial charge in [0.1, 0.15) is 0 Å². The van der Waals surface area contributed by atoms with E-state index in [1.807, 2.05) is 20.8 Å². The highest BCUT2D eigenvalue weighted by Gasteiger charge is 2.31. The average molecular weight is 187 g/mol. The summed E-state index contributed by atoms with van der Waals surface area (Å²) >= 11 is 0. The zero-order valence-corrected chi connectivity index (χ0v) is 8.64. The minimum atomic E-state index is -0.292. The van der Waals surface area contributed by atoms with Crippen LogP contribution >= 0.6 is 0 Å². The lowest BCUT2D eigenvalue weighted by Crippen LogP contribution is -2.51. The Balaban J connectivity index is 2.27. The molecule has 0 aromatic rings. The summed E-state index contributed by atoms with van der Waals surface area (Å²) < 4.78 is 12.1. The Bertz CT molecular complexity index is 192. The van der Waals surface area contributed by atoms with Crippen LogP contribution in [0.3, 0.4) is 0 Å². The molecule has 0 atom stereocenters. The summed E-state index contributed by atoms with van der Waals surface area (Å²) in [5.74, 6) is 0.265. The molecular formula is C10H18FNO. The lowest BCUT2D eigenvalue weighted by Gasteiger charge is -2.39. The molecule has 1 aliphatic heterocycles. The summed E-state index contributed by atoms with van der Waals surface area (Å²) in [7, 11) is 0. The molecule has 1 aliphatic rings. The number of rotatable bonds is 2. The van der Waals surface area contributed by atoms with Crippen molar-refractivity contribution in [3.63, 3.8) is 0 Å². The lowest BCUT2D eigenvalue weighted by atomic mass is 9.90. The molecule has 0 saturated carbocycles. The number of amides is 1. The minimum absolute atomic E-state index is 0.0396. The highest BCUT2D eigenvalue weighted by atomic mass is 19.1. The third-order valence-corrected chi connectivity index (χ3v) is 2.21. The second-order valence-corrected chi connectivity index (χ2v) is 5.06. The number of nitrogens with zero attached hydrogens (tertiary/aromatic N) is 1. The van der Waals surface area contributed by atoms with Gasteiger partial charge in [-0.1, -0.05) is 20.8 Å². The average Bonchev–Trinajstić information content (AvgIpc) is 1.79. The van der Waals surface area contributed by atoms with E-state index in [9.17, 15) is 9.18 Å². The molecule has 3 heteroatoms. The van der Waals surface area contributed by atoms with Crippen LogP contribution < -0.4 is 0 Å². The fraction of sp³-hybridized carbons (Fsp3) is 0.900. The van der Waals surface area contributed by atoms with E-state index in [0.29, 0.717) is 19.5 Å². The van der Waals surface area contributed by atoms with Crippen molar-refractivity contribution in [2.75, 3.05) is 19.8 Å². The molecule has 2 nitrogen and oxygen atoms in total. The molecule has 1 saturated heterocycles. The molecule has 0 aromatic heterocycles. The molecule has 0 unspecified atom stereocenters. The van der Waals surface area contributed by atoms with Gasteiger partial charge in [0.2, 0.25) is 5.91 Å². The van der Waals surface area contributed by atoms with Crippen LogP contribution in [0.2, 0.25) is 0 Å². The molecule has 0 aromatic carbocycles. The van der Waals surface area contributed by atoms with Crippen molar-refractivity contribution in [1.29, 1.82) is 0 Å². The van der Waals surface area contributed by atoms with Crippen molar-refractivity contribution in [1.82, 2.24) is 4.90 Å². The number of alkyl halides is 1. The second kappa shape index (κ2) is 3.64. The zero-order valence-electron chi connectivity index (χ0n) is 8.64. The molecule has 76 valence electrons. The van der Waals surface area contributed by atoms with Crippen molar-refractivity contribution >= 4 is 5.91 Å². The van der Waals surface area contributed by atoms with E-state index >= 15 is 0 Å². The number of carbonyl (C=O) groups is 1. The van der Waals surface area contributed by atoms with Gasteiger partial charge in [0, 0.05) is 25.4 Å². The Morgan fingerprint density at radius 1 is 1.46 bits per heavy atom. The van der Waals surface area contributed by atoms with Gasteiger partial charge in [-0.25, -0.2) is 0 Å². The summed E-state index contributed by atoms with van der Waals surface area (Å²) in [6.07, 6.45) is 0.562. The van der Waals surface area contributed by atoms with Gasteiger partial charge >= 0.3 is 0 Å². The normalized spacial score (nSPS) is 18.6. The predicted molar refractivity (Wildman–Crippen MR) is 50.1 cm³/mol. The highest BCUT2D eigenvalue weighted by molar-refractivity contribution is 5.77. The number of likely N-dealkylation sites (tertiary alicyclic amines) is 1. The Morgan fingerprint density at radius 2 is 2.00 bits per heavy atom. The van der Waals surface area contributed by atoms with Crippen LogP contribution in [-0.4, -0.2) is 30.6 Å². The maximum absolute atomic E-state index is 12.1. The maximum Gasteiger partial charge on any atom is 0.223 e. The third kappa shape index (κ3) is 2.98. The molecular weight excluding hydrogens is 169 g/mol. The van der Waals surface area contributed by atoms with Gasteiger partial charge in [0.25, 0.3) is 0 Å². The largest absolute Gasteiger partial charge is 0.342 e. The van der Waals surface area contributed by atoms with E-state index in [0.717, 1.165) is 0 Å². The Kier molecular flexibility index (Phi) is 2.94. The van der Waals surface area contributed by atoms with Crippen molar-refractivity contribution < 1.29 is 9.18 Å². The lowest BCUT2D eigenvalue weighted by molar-refractivity contribution is -0.139. The van der Waals surface area contributed by atoms with Gasteiger partial charge in [-0.2, -0.15) is 0 Å². The first kappa shape index (κ1) is 10.5. The monoisotopic (exact) mass is 187 g/mol. The molecule has 0 radical (unpaired) electrons. The Morgan fingerprint density at radius 3 is 2.38 bits per heavy atom. The van der Waals surface area contributed by atoms with Crippen molar-refractivity contribution in [2.24, 2.45) is 11.3 Å². The van der Waals surface area contributed by atoms with E-state index in [-0.39, 0.29) is 23.9 Å². The van der Waals surface area contributed by atoms with Gasteiger partial charge in [-0.15, -0.1) is 0 Å². The van der Waals surface area contributed by atoms with E-state index < -0.39 is 0 Å². The van der Waals surface area contributed by atoms with Gasteiger partial charge in [-0.3, -0.25) is 9.18 Å². The quantitative estimate of drug-likeness (QED) is 0.646. The Labute approximate surface area is 79.1 Å². The van der Waals surface area contributed by atoms with Crippen LogP contribution in [-0.2, 0) is 4.79 Å². The first-order valence-electron chi connectivity index (χ1n) is 4.76. The fourth-order valence-corrected chi connectivity index (χ4v) is 1.44.